The van der Waals surface area contributed by atoms with Gasteiger partial charge in [-0.05, 0) is 30.9 Å². The van der Waals surface area contributed by atoms with Crippen molar-refractivity contribution in [3.63, 3.8) is 0 Å². The molecule has 4 heteroatoms. The molecule has 0 spiro atoms. The molecule has 1 N–H and O–H groups in total. The number of aromatic nitrogens is 2. The van der Waals surface area contributed by atoms with Crippen molar-refractivity contribution in [1.29, 1.82) is 0 Å². The Kier molecular flexibility index (Phi) is 3.72. The first-order valence-corrected chi connectivity index (χ1v) is 7.44. The quantitative estimate of drug-likeness (QED) is 0.933. The number of para-hydroxylation sites is 2. The minimum Gasteiger partial charge on any atom is -0.343 e. The van der Waals surface area contributed by atoms with Crippen LogP contribution < -0.4 is 0 Å². The molecule has 20 heavy (non-hydrogen) atoms. The monoisotopic (exact) mass is 271 g/mol. The third kappa shape index (κ3) is 2.84. The van der Waals surface area contributed by atoms with Crippen LogP contribution in [0.25, 0.3) is 11.0 Å². The minimum absolute atomic E-state index is 0.261. The molecule has 0 saturated carbocycles. The number of benzene rings is 1. The fraction of sp³-hybridized carbons (Fsp3) is 0.500. The van der Waals surface area contributed by atoms with E-state index in [0.29, 0.717) is 12.8 Å². The van der Waals surface area contributed by atoms with Gasteiger partial charge in [0.2, 0.25) is 5.91 Å². The maximum atomic E-state index is 12.2. The molecule has 0 atom stereocenters. The summed E-state index contributed by atoms with van der Waals surface area (Å²) >= 11 is 0. The van der Waals surface area contributed by atoms with Gasteiger partial charge in [-0.1, -0.05) is 19.1 Å². The largest absolute Gasteiger partial charge is 0.343 e. The van der Waals surface area contributed by atoms with E-state index in [1.165, 1.54) is 0 Å². The van der Waals surface area contributed by atoms with Crippen LogP contribution in [0.4, 0.5) is 0 Å². The number of imidazole rings is 1. The number of aromatic amines is 1. The average Bonchev–Trinajstić information content (AvgIpc) is 2.88. The van der Waals surface area contributed by atoms with Crippen molar-refractivity contribution in [3.8, 4) is 0 Å². The molecule has 0 aliphatic carbocycles. The van der Waals surface area contributed by atoms with Crippen molar-refractivity contribution in [1.82, 2.24) is 14.9 Å². The molecule has 1 amide bonds. The van der Waals surface area contributed by atoms with E-state index in [2.05, 4.69) is 16.9 Å². The van der Waals surface area contributed by atoms with Crippen molar-refractivity contribution in [2.75, 3.05) is 13.1 Å². The number of rotatable bonds is 3. The molecule has 0 unspecified atom stereocenters. The lowest BCUT2D eigenvalue weighted by atomic mass is 9.99. The first kappa shape index (κ1) is 13.2. The molecule has 1 aliphatic heterocycles. The van der Waals surface area contributed by atoms with Crippen molar-refractivity contribution >= 4 is 16.9 Å². The normalized spacial score (nSPS) is 16.8. The number of hydrogen-bond acceptors (Lipinski definition) is 2. The van der Waals surface area contributed by atoms with Gasteiger partial charge < -0.3 is 9.88 Å². The Labute approximate surface area is 119 Å². The van der Waals surface area contributed by atoms with Crippen molar-refractivity contribution < 1.29 is 4.79 Å². The van der Waals surface area contributed by atoms with Gasteiger partial charge >= 0.3 is 0 Å². The van der Waals surface area contributed by atoms with Crippen molar-refractivity contribution in [2.24, 2.45) is 5.92 Å². The van der Waals surface area contributed by atoms with E-state index in [0.717, 1.165) is 48.7 Å². The highest BCUT2D eigenvalue weighted by atomic mass is 16.2. The van der Waals surface area contributed by atoms with E-state index in [1.807, 2.05) is 29.2 Å². The van der Waals surface area contributed by atoms with E-state index < -0.39 is 0 Å². The summed E-state index contributed by atoms with van der Waals surface area (Å²) in [6, 6.07) is 7.97. The predicted molar refractivity (Wildman–Crippen MR) is 79.4 cm³/mol. The highest BCUT2D eigenvalue weighted by molar-refractivity contribution is 5.77. The number of likely N-dealkylation sites (tertiary alicyclic amines) is 1. The van der Waals surface area contributed by atoms with Gasteiger partial charge in [0.05, 0.1) is 11.0 Å². The SMILES string of the molecule is CC1CCN(C(=O)CCc2nc3ccccc3[nH]2)CC1. The van der Waals surface area contributed by atoms with Crippen molar-refractivity contribution in [2.45, 2.75) is 32.6 Å². The fourth-order valence-electron chi connectivity index (χ4n) is 2.77. The van der Waals surface area contributed by atoms with E-state index in [4.69, 9.17) is 0 Å². The van der Waals surface area contributed by atoms with Gasteiger partial charge in [-0.2, -0.15) is 0 Å². The second kappa shape index (κ2) is 5.65. The van der Waals surface area contributed by atoms with Crippen LogP contribution in [0.15, 0.2) is 24.3 Å². The van der Waals surface area contributed by atoms with Crippen LogP contribution in [0.2, 0.25) is 0 Å². The molecule has 1 aromatic carbocycles. The van der Waals surface area contributed by atoms with E-state index in [9.17, 15) is 4.79 Å². The lowest BCUT2D eigenvalue weighted by Gasteiger charge is -2.30. The molecule has 1 fully saturated rings. The summed E-state index contributed by atoms with van der Waals surface area (Å²) < 4.78 is 0. The lowest BCUT2D eigenvalue weighted by Crippen LogP contribution is -2.38. The maximum absolute atomic E-state index is 12.2. The molecule has 1 saturated heterocycles. The number of piperidine rings is 1. The summed E-state index contributed by atoms with van der Waals surface area (Å²) in [6.07, 6.45) is 3.51. The number of carbonyl (C=O) groups excluding carboxylic acids is 1. The van der Waals surface area contributed by atoms with Crippen molar-refractivity contribution in [3.05, 3.63) is 30.1 Å². The molecular weight excluding hydrogens is 250 g/mol. The summed E-state index contributed by atoms with van der Waals surface area (Å²) in [5.41, 5.74) is 2.02. The topological polar surface area (TPSA) is 49.0 Å². The van der Waals surface area contributed by atoms with E-state index in [-0.39, 0.29) is 5.91 Å². The van der Waals surface area contributed by atoms with Crippen LogP contribution in [0.3, 0.4) is 0 Å². The molecule has 1 aromatic heterocycles. The number of hydrogen-bond donors (Lipinski definition) is 1. The average molecular weight is 271 g/mol. The third-order valence-corrected chi connectivity index (χ3v) is 4.15. The summed E-state index contributed by atoms with van der Waals surface area (Å²) in [7, 11) is 0. The minimum atomic E-state index is 0.261. The molecule has 2 heterocycles. The smallest absolute Gasteiger partial charge is 0.223 e. The molecule has 4 nitrogen and oxygen atoms in total. The van der Waals surface area contributed by atoms with Crippen LogP contribution in [0.5, 0.6) is 0 Å². The second-order valence-electron chi connectivity index (χ2n) is 5.76. The zero-order valence-corrected chi connectivity index (χ0v) is 11.9. The molecule has 0 bridgehead atoms. The highest BCUT2D eigenvalue weighted by Crippen LogP contribution is 2.17. The summed E-state index contributed by atoms with van der Waals surface area (Å²) in [6.45, 7) is 4.09. The number of aryl methyl sites for hydroxylation is 1. The first-order valence-electron chi connectivity index (χ1n) is 7.44. The predicted octanol–water partition coefficient (Wildman–Crippen LogP) is 2.75. The van der Waals surface area contributed by atoms with Gasteiger partial charge in [0.25, 0.3) is 0 Å². The first-order chi connectivity index (χ1) is 9.72. The Hall–Kier alpha value is -1.84. The Morgan fingerprint density at radius 3 is 2.85 bits per heavy atom. The maximum Gasteiger partial charge on any atom is 0.223 e. The summed E-state index contributed by atoms with van der Waals surface area (Å²) in [5.74, 6) is 1.93. The number of nitrogens with one attached hydrogen (secondary N) is 1. The fourth-order valence-corrected chi connectivity index (χ4v) is 2.77. The summed E-state index contributed by atoms with van der Waals surface area (Å²) in [5, 5.41) is 0. The summed E-state index contributed by atoms with van der Waals surface area (Å²) in [4.78, 5) is 22.0. The van der Waals surface area contributed by atoms with Gasteiger partial charge in [-0.3, -0.25) is 4.79 Å². The Balaban J connectivity index is 1.57. The molecule has 106 valence electrons. The van der Waals surface area contributed by atoms with E-state index in [1.54, 1.807) is 0 Å². The van der Waals surface area contributed by atoms with Crippen LogP contribution in [-0.2, 0) is 11.2 Å². The standard InChI is InChI=1S/C16H21N3O/c1-12-8-10-19(11-9-12)16(20)7-6-15-17-13-4-2-3-5-14(13)18-15/h2-5,12H,6-11H2,1H3,(H,17,18). The van der Waals surface area contributed by atoms with Gasteiger partial charge in [0.1, 0.15) is 5.82 Å². The number of carbonyl (C=O) groups is 1. The molecule has 0 radical (unpaired) electrons. The van der Waals surface area contributed by atoms with Crippen LogP contribution >= 0.6 is 0 Å². The van der Waals surface area contributed by atoms with Crippen LogP contribution in [0.1, 0.15) is 32.0 Å². The molecule has 2 aromatic rings. The number of amides is 1. The molecule has 1 aliphatic rings. The van der Waals surface area contributed by atoms with Crippen LogP contribution in [0, 0.1) is 5.92 Å². The molecule has 3 rings (SSSR count). The second-order valence-corrected chi connectivity index (χ2v) is 5.76. The Morgan fingerprint density at radius 2 is 2.10 bits per heavy atom. The third-order valence-electron chi connectivity index (χ3n) is 4.15. The zero-order chi connectivity index (χ0) is 13.9. The van der Waals surface area contributed by atoms with Gasteiger partial charge in [-0.15, -0.1) is 0 Å². The highest BCUT2D eigenvalue weighted by Gasteiger charge is 2.20. The molecular formula is C16H21N3O. The Bertz CT molecular complexity index is 564. The van der Waals surface area contributed by atoms with Gasteiger partial charge in [0, 0.05) is 25.9 Å². The number of H-pyrrole nitrogens is 1. The number of fused-ring (bicyclic) bond motifs is 1. The van der Waals surface area contributed by atoms with Gasteiger partial charge in [0.15, 0.2) is 0 Å². The lowest BCUT2D eigenvalue weighted by molar-refractivity contribution is -0.132. The van der Waals surface area contributed by atoms with Crippen LogP contribution in [-0.4, -0.2) is 33.9 Å². The van der Waals surface area contributed by atoms with E-state index >= 15 is 0 Å². The van der Waals surface area contributed by atoms with Gasteiger partial charge in [-0.25, -0.2) is 4.98 Å². The number of nitrogens with zero attached hydrogens (tertiary/aromatic N) is 2. The zero-order valence-electron chi connectivity index (χ0n) is 11.9. The Morgan fingerprint density at radius 1 is 1.35 bits per heavy atom.